The molecule has 0 rings (SSSR count). The monoisotopic (exact) mass is 261 g/mol. The van der Waals surface area contributed by atoms with Gasteiger partial charge in [0, 0.05) is 32.7 Å². The fourth-order valence-corrected chi connectivity index (χ4v) is 1.62. The molecule has 5 nitrogen and oxygen atoms in total. The standard InChI is InChI=1S/C13H27NO4/c1-3-17-11-9-14(10-12-18-4-2)8-6-5-7-13(15)16/h3-12H2,1-2H3,(H,15,16). The van der Waals surface area contributed by atoms with Gasteiger partial charge >= 0.3 is 5.97 Å². The molecular weight excluding hydrogens is 234 g/mol. The molecule has 0 aliphatic rings. The Kier molecular flexibility index (Phi) is 12.3. The van der Waals surface area contributed by atoms with E-state index in [9.17, 15) is 4.79 Å². The fourth-order valence-electron chi connectivity index (χ4n) is 1.62. The van der Waals surface area contributed by atoms with E-state index in [0.717, 1.165) is 58.9 Å². The van der Waals surface area contributed by atoms with Crippen molar-refractivity contribution in [3.63, 3.8) is 0 Å². The first-order chi connectivity index (χ1) is 8.70. The number of nitrogens with zero attached hydrogens (tertiary/aromatic N) is 1. The Labute approximate surface area is 110 Å². The van der Waals surface area contributed by atoms with Gasteiger partial charge in [0.1, 0.15) is 0 Å². The Morgan fingerprint density at radius 3 is 2.00 bits per heavy atom. The lowest BCUT2D eigenvalue weighted by Crippen LogP contribution is -2.32. The molecule has 0 bridgehead atoms. The molecule has 0 aliphatic heterocycles. The van der Waals surface area contributed by atoms with Crippen molar-refractivity contribution in [2.75, 3.05) is 46.1 Å². The van der Waals surface area contributed by atoms with E-state index in [1.54, 1.807) is 0 Å². The first-order valence-electron chi connectivity index (χ1n) is 6.80. The van der Waals surface area contributed by atoms with Crippen LogP contribution in [0.15, 0.2) is 0 Å². The third-order valence-corrected chi connectivity index (χ3v) is 2.63. The summed E-state index contributed by atoms with van der Waals surface area (Å²) in [5.41, 5.74) is 0. The van der Waals surface area contributed by atoms with Crippen LogP contribution in [0.1, 0.15) is 33.1 Å². The zero-order valence-corrected chi connectivity index (χ0v) is 11.7. The summed E-state index contributed by atoms with van der Waals surface area (Å²) >= 11 is 0. The van der Waals surface area contributed by atoms with E-state index in [-0.39, 0.29) is 6.42 Å². The summed E-state index contributed by atoms with van der Waals surface area (Å²) in [5.74, 6) is -0.717. The zero-order valence-electron chi connectivity index (χ0n) is 11.7. The van der Waals surface area contributed by atoms with Crippen LogP contribution in [0.4, 0.5) is 0 Å². The highest BCUT2D eigenvalue weighted by Gasteiger charge is 2.05. The Morgan fingerprint density at radius 2 is 1.56 bits per heavy atom. The molecule has 0 saturated heterocycles. The zero-order chi connectivity index (χ0) is 13.6. The second-order valence-corrected chi connectivity index (χ2v) is 4.09. The lowest BCUT2D eigenvalue weighted by Gasteiger charge is -2.21. The molecule has 0 aromatic carbocycles. The number of hydrogen-bond donors (Lipinski definition) is 1. The van der Waals surface area contributed by atoms with Crippen molar-refractivity contribution < 1.29 is 19.4 Å². The fraction of sp³-hybridized carbons (Fsp3) is 0.923. The second-order valence-electron chi connectivity index (χ2n) is 4.09. The normalized spacial score (nSPS) is 11.1. The Balaban J connectivity index is 3.69. The van der Waals surface area contributed by atoms with Gasteiger partial charge in [0.05, 0.1) is 13.2 Å². The average molecular weight is 261 g/mol. The SMILES string of the molecule is CCOCCN(CCCCC(=O)O)CCOCC. The third kappa shape index (κ3) is 11.8. The third-order valence-electron chi connectivity index (χ3n) is 2.63. The van der Waals surface area contributed by atoms with Gasteiger partial charge < -0.3 is 14.6 Å². The lowest BCUT2D eigenvalue weighted by molar-refractivity contribution is -0.137. The second kappa shape index (κ2) is 12.8. The van der Waals surface area contributed by atoms with Crippen LogP contribution in [-0.4, -0.2) is 62.0 Å². The first kappa shape index (κ1) is 17.4. The highest BCUT2D eigenvalue weighted by molar-refractivity contribution is 5.66. The number of carboxylic acid groups (broad SMARTS) is 1. The minimum Gasteiger partial charge on any atom is -0.481 e. The van der Waals surface area contributed by atoms with Crippen LogP contribution in [-0.2, 0) is 14.3 Å². The molecule has 18 heavy (non-hydrogen) atoms. The molecule has 0 aromatic rings. The molecule has 0 radical (unpaired) electrons. The summed E-state index contributed by atoms with van der Waals surface area (Å²) in [6, 6.07) is 0. The first-order valence-corrected chi connectivity index (χ1v) is 6.80. The minimum atomic E-state index is -0.717. The van der Waals surface area contributed by atoms with Crippen LogP contribution >= 0.6 is 0 Å². The van der Waals surface area contributed by atoms with Crippen LogP contribution < -0.4 is 0 Å². The average Bonchev–Trinajstić information content (AvgIpc) is 2.34. The molecule has 0 aromatic heterocycles. The summed E-state index contributed by atoms with van der Waals surface area (Å²) in [5, 5.41) is 8.57. The quantitative estimate of drug-likeness (QED) is 0.510. The predicted octanol–water partition coefficient (Wildman–Crippen LogP) is 1.62. The van der Waals surface area contributed by atoms with E-state index in [1.807, 2.05) is 13.8 Å². The van der Waals surface area contributed by atoms with Crippen molar-refractivity contribution in [1.82, 2.24) is 4.90 Å². The van der Waals surface area contributed by atoms with Crippen molar-refractivity contribution in [2.45, 2.75) is 33.1 Å². The summed E-state index contributed by atoms with van der Waals surface area (Å²) in [7, 11) is 0. The van der Waals surface area contributed by atoms with Gasteiger partial charge in [-0.1, -0.05) is 0 Å². The van der Waals surface area contributed by atoms with E-state index in [4.69, 9.17) is 14.6 Å². The predicted molar refractivity (Wildman–Crippen MR) is 70.9 cm³/mol. The summed E-state index contributed by atoms with van der Waals surface area (Å²) in [4.78, 5) is 12.7. The smallest absolute Gasteiger partial charge is 0.303 e. The molecule has 0 aliphatic carbocycles. The van der Waals surface area contributed by atoms with Gasteiger partial charge in [0.25, 0.3) is 0 Å². The number of ether oxygens (including phenoxy) is 2. The van der Waals surface area contributed by atoms with Gasteiger partial charge in [-0.2, -0.15) is 0 Å². The summed E-state index contributed by atoms with van der Waals surface area (Å²) in [6.45, 7) is 9.56. The van der Waals surface area contributed by atoms with Gasteiger partial charge in [-0.25, -0.2) is 0 Å². The molecule has 5 heteroatoms. The number of carboxylic acids is 1. The van der Waals surface area contributed by atoms with Crippen LogP contribution in [0.3, 0.4) is 0 Å². The number of carbonyl (C=O) groups is 1. The van der Waals surface area contributed by atoms with E-state index in [1.165, 1.54) is 0 Å². The van der Waals surface area contributed by atoms with Gasteiger partial charge in [0.15, 0.2) is 0 Å². The molecule has 0 atom stereocenters. The maximum atomic E-state index is 10.4. The number of aliphatic carboxylic acids is 1. The van der Waals surface area contributed by atoms with E-state index in [2.05, 4.69) is 4.90 Å². The maximum absolute atomic E-state index is 10.4. The van der Waals surface area contributed by atoms with Crippen LogP contribution in [0.5, 0.6) is 0 Å². The van der Waals surface area contributed by atoms with E-state index >= 15 is 0 Å². The molecule has 0 unspecified atom stereocenters. The molecule has 0 heterocycles. The summed E-state index contributed by atoms with van der Waals surface area (Å²) < 4.78 is 10.7. The van der Waals surface area contributed by atoms with Crippen LogP contribution in [0, 0.1) is 0 Å². The van der Waals surface area contributed by atoms with Gasteiger partial charge in [-0.15, -0.1) is 0 Å². The molecule has 108 valence electrons. The number of hydrogen-bond acceptors (Lipinski definition) is 4. The molecule has 1 N–H and O–H groups in total. The largest absolute Gasteiger partial charge is 0.481 e. The highest BCUT2D eigenvalue weighted by atomic mass is 16.5. The Hall–Kier alpha value is -0.650. The molecule has 0 spiro atoms. The van der Waals surface area contributed by atoms with Gasteiger partial charge in [-0.3, -0.25) is 9.69 Å². The Bertz CT molecular complexity index is 189. The summed E-state index contributed by atoms with van der Waals surface area (Å²) in [6.07, 6.45) is 1.89. The van der Waals surface area contributed by atoms with E-state index in [0.29, 0.717) is 0 Å². The molecule has 0 saturated carbocycles. The van der Waals surface area contributed by atoms with Crippen molar-refractivity contribution in [3.05, 3.63) is 0 Å². The maximum Gasteiger partial charge on any atom is 0.303 e. The number of rotatable bonds is 13. The van der Waals surface area contributed by atoms with Crippen LogP contribution in [0.2, 0.25) is 0 Å². The lowest BCUT2D eigenvalue weighted by atomic mass is 10.2. The van der Waals surface area contributed by atoms with Gasteiger partial charge in [-0.05, 0) is 33.2 Å². The van der Waals surface area contributed by atoms with Crippen molar-refractivity contribution >= 4 is 5.97 Å². The van der Waals surface area contributed by atoms with E-state index < -0.39 is 5.97 Å². The molecule has 0 amide bonds. The molecular formula is C13H27NO4. The number of unbranched alkanes of at least 4 members (excludes halogenated alkanes) is 1. The highest BCUT2D eigenvalue weighted by Crippen LogP contribution is 1.99. The van der Waals surface area contributed by atoms with Crippen molar-refractivity contribution in [2.24, 2.45) is 0 Å². The minimum absolute atomic E-state index is 0.255. The van der Waals surface area contributed by atoms with Crippen LogP contribution in [0.25, 0.3) is 0 Å². The molecule has 0 fully saturated rings. The Morgan fingerprint density at radius 1 is 1.00 bits per heavy atom. The van der Waals surface area contributed by atoms with Gasteiger partial charge in [0.2, 0.25) is 0 Å². The van der Waals surface area contributed by atoms with Crippen molar-refractivity contribution in [1.29, 1.82) is 0 Å². The topological polar surface area (TPSA) is 59.0 Å². The van der Waals surface area contributed by atoms with Crippen molar-refractivity contribution in [3.8, 4) is 0 Å².